The SMILES string of the molecule is N#Cc1ccc(-n2cn[nH]c2=S)c(F)c1. The standard InChI is InChI=1S/C9H5FN4S/c10-7-3-6(4-11)1-2-8(7)14-5-12-13-9(14)15/h1-3,5H,(H,13,15). The minimum atomic E-state index is -0.508. The Morgan fingerprint density at radius 1 is 1.53 bits per heavy atom. The quantitative estimate of drug-likeness (QED) is 0.747. The summed E-state index contributed by atoms with van der Waals surface area (Å²) in [6.45, 7) is 0. The first-order chi connectivity index (χ1) is 7.22. The van der Waals surface area contributed by atoms with Gasteiger partial charge in [0.05, 0.1) is 17.3 Å². The Balaban J connectivity index is 2.61. The van der Waals surface area contributed by atoms with Gasteiger partial charge in [0.25, 0.3) is 0 Å². The van der Waals surface area contributed by atoms with Gasteiger partial charge in [-0.25, -0.2) is 4.39 Å². The number of benzene rings is 1. The fourth-order valence-electron chi connectivity index (χ4n) is 1.19. The number of nitrogens with zero attached hydrogens (tertiary/aromatic N) is 3. The van der Waals surface area contributed by atoms with Gasteiger partial charge < -0.3 is 0 Å². The van der Waals surface area contributed by atoms with Gasteiger partial charge in [-0.05, 0) is 30.4 Å². The van der Waals surface area contributed by atoms with E-state index in [-0.39, 0.29) is 11.3 Å². The van der Waals surface area contributed by atoms with Gasteiger partial charge in [-0.15, -0.1) is 0 Å². The summed E-state index contributed by atoms with van der Waals surface area (Å²) >= 11 is 4.90. The first kappa shape index (κ1) is 9.55. The van der Waals surface area contributed by atoms with Gasteiger partial charge in [0.15, 0.2) is 4.77 Å². The van der Waals surface area contributed by atoms with Crippen LogP contribution in [0.2, 0.25) is 0 Å². The maximum atomic E-state index is 13.5. The molecule has 0 aliphatic carbocycles. The molecule has 6 heteroatoms. The molecule has 0 spiro atoms. The lowest BCUT2D eigenvalue weighted by atomic mass is 10.2. The zero-order valence-corrected chi connectivity index (χ0v) is 8.25. The fraction of sp³-hybridized carbons (Fsp3) is 0. The maximum Gasteiger partial charge on any atom is 0.199 e. The van der Waals surface area contributed by atoms with Gasteiger partial charge in [-0.1, -0.05) is 0 Å². The van der Waals surface area contributed by atoms with Crippen LogP contribution in [-0.2, 0) is 0 Å². The van der Waals surface area contributed by atoms with Gasteiger partial charge in [-0.3, -0.25) is 9.67 Å². The van der Waals surface area contributed by atoms with E-state index in [1.807, 2.05) is 6.07 Å². The average molecular weight is 220 g/mol. The summed E-state index contributed by atoms with van der Waals surface area (Å²) in [6, 6.07) is 6.02. The minimum absolute atomic E-state index is 0.270. The Hall–Kier alpha value is -2.00. The highest BCUT2D eigenvalue weighted by atomic mass is 32.1. The molecule has 0 saturated heterocycles. The molecule has 2 rings (SSSR count). The maximum absolute atomic E-state index is 13.5. The number of rotatable bonds is 1. The van der Waals surface area contributed by atoms with Crippen molar-refractivity contribution in [3.8, 4) is 11.8 Å². The van der Waals surface area contributed by atoms with E-state index < -0.39 is 5.82 Å². The third kappa shape index (κ3) is 1.65. The molecular weight excluding hydrogens is 215 g/mol. The molecule has 0 aliphatic rings. The molecule has 1 heterocycles. The van der Waals surface area contributed by atoms with Crippen molar-refractivity contribution in [2.45, 2.75) is 0 Å². The molecule has 0 amide bonds. The zero-order chi connectivity index (χ0) is 10.8. The molecule has 0 atom stereocenters. The van der Waals surface area contributed by atoms with Crippen LogP contribution in [0.3, 0.4) is 0 Å². The van der Waals surface area contributed by atoms with Crippen molar-refractivity contribution in [1.82, 2.24) is 14.8 Å². The Morgan fingerprint density at radius 2 is 2.33 bits per heavy atom. The van der Waals surface area contributed by atoms with E-state index in [1.165, 1.54) is 23.0 Å². The first-order valence-electron chi connectivity index (χ1n) is 4.04. The Kier molecular flexibility index (Phi) is 2.31. The monoisotopic (exact) mass is 220 g/mol. The molecule has 0 fully saturated rings. The largest absolute Gasteiger partial charge is 0.272 e. The molecule has 74 valence electrons. The summed E-state index contributed by atoms with van der Waals surface area (Å²) in [5, 5.41) is 14.8. The van der Waals surface area contributed by atoms with E-state index in [4.69, 9.17) is 17.5 Å². The summed E-state index contributed by atoms with van der Waals surface area (Å²) in [5.41, 5.74) is 0.541. The molecule has 0 aliphatic heterocycles. The van der Waals surface area contributed by atoms with E-state index in [0.717, 1.165) is 6.07 Å². The summed E-state index contributed by atoms with van der Waals surface area (Å²) in [7, 11) is 0. The number of nitriles is 1. The molecule has 0 unspecified atom stereocenters. The van der Waals surface area contributed by atoms with Crippen LogP contribution in [0.5, 0.6) is 0 Å². The predicted octanol–water partition coefficient (Wildman–Crippen LogP) is 1.94. The van der Waals surface area contributed by atoms with Crippen LogP contribution in [0, 0.1) is 21.9 Å². The van der Waals surface area contributed by atoms with E-state index in [1.54, 1.807) is 0 Å². The molecule has 0 bridgehead atoms. The van der Waals surface area contributed by atoms with E-state index in [0.29, 0.717) is 4.77 Å². The van der Waals surface area contributed by atoms with Gasteiger partial charge in [0.2, 0.25) is 0 Å². The topological polar surface area (TPSA) is 57.4 Å². The third-order valence-corrected chi connectivity index (χ3v) is 2.18. The number of H-pyrrole nitrogens is 1. The molecule has 1 aromatic heterocycles. The number of halogens is 1. The van der Waals surface area contributed by atoms with E-state index in [2.05, 4.69) is 10.2 Å². The van der Waals surface area contributed by atoms with Gasteiger partial charge in [0.1, 0.15) is 12.1 Å². The number of hydrogen-bond acceptors (Lipinski definition) is 3. The van der Waals surface area contributed by atoms with Crippen LogP contribution in [0.25, 0.3) is 5.69 Å². The summed E-state index contributed by atoms with van der Waals surface area (Å²) in [5.74, 6) is -0.508. The molecule has 1 aromatic carbocycles. The van der Waals surface area contributed by atoms with Crippen molar-refractivity contribution in [2.24, 2.45) is 0 Å². The Labute approximate surface area is 89.6 Å². The second kappa shape index (κ2) is 3.63. The minimum Gasteiger partial charge on any atom is -0.272 e. The van der Waals surface area contributed by atoms with Gasteiger partial charge in [0, 0.05) is 0 Å². The second-order valence-corrected chi connectivity index (χ2v) is 3.20. The smallest absolute Gasteiger partial charge is 0.199 e. The van der Waals surface area contributed by atoms with Crippen molar-refractivity contribution in [1.29, 1.82) is 5.26 Å². The molecular formula is C9H5FN4S. The molecule has 0 saturated carbocycles. The van der Waals surface area contributed by atoms with E-state index in [9.17, 15) is 4.39 Å². The first-order valence-corrected chi connectivity index (χ1v) is 4.45. The van der Waals surface area contributed by atoms with Crippen LogP contribution < -0.4 is 0 Å². The highest BCUT2D eigenvalue weighted by Crippen LogP contribution is 2.14. The lowest BCUT2D eigenvalue weighted by molar-refractivity contribution is 0.617. The average Bonchev–Trinajstić information content (AvgIpc) is 2.64. The van der Waals surface area contributed by atoms with Gasteiger partial charge in [-0.2, -0.15) is 10.4 Å². The molecule has 0 radical (unpaired) electrons. The number of nitrogens with one attached hydrogen (secondary N) is 1. The van der Waals surface area contributed by atoms with Crippen molar-refractivity contribution in [3.05, 3.63) is 40.7 Å². The molecule has 2 aromatic rings. The Morgan fingerprint density at radius 3 is 2.87 bits per heavy atom. The van der Waals surface area contributed by atoms with Crippen LogP contribution in [0.1, 0.15) is 5.56 Å². The predicted molar refractivity (Wildman–Crippen MR) is 53.4 cm³/mol. The summed E-state index contributed by atoms with van der Waals surface area (Å²) in [6.07, 6.45) is 1.38. The summed E-state index contributed by atoms with van der Waals surface area (Å²) < 4.78 is 15.2. The second-order valence-electron chi connectivity index (χ2n) is 2.81. The lowest BCUT2D eigenvalue weighted by Gasteiger charge is -2.02. The van der Waals surface area contributed by atoms with Gasteiger partial charge >= 0.3 is 0 Å². The van der Waals surface area contributed by atoms with Crippen LogP contribution in [0.4, 0.5) is 4.39 Å². The normalized spacial score (nSPS) is 9.87. The number of hydrogen-bond donors (Lipinski definition) is 1. The van der Waals surface area contributed by atoms with Crippen LogP contribution in [0.15, 0.2) is 24.5 Å². The van der Waals surface area contributed by atoms with Crippen LogP contribution >= 0.6 is 12.2 Å². The third-order valence-electron chi connectivity index (χ3n) is 1.89. The summed E-state index contributed by atoms with van der Waals surface area (Å²) in [4.78, 5) is 0. The Bertz CT molecular complexity index is 593. The molecule has 4 nitrogen and oxygen atoms in total. The fourth-order valence-corrected chi connectivity index (χ4v) is 1.39. The van der Waals surface area contributed by atoms with Crippen molar-refractivity contribution < 1.29 is 4.39 Å². The number of aromatic amines is 1. The lowest BCUT2D eigenvalue weighted by Crippen LogP contribution is -1.96. The zero-order valence-electron chi connectivity index (χ0n) is 7.44. The van der Waals surface area contributed by atoms with Crippen molar-refractivity contribution >= 4 is 12.2 Å². The molecule has 15 heavy (non-hydrogen) atoms. The van der Waals surface area contributed by atoms with Crippen molar-refractivity contribution in [2.75, 3.05) is 0 Å². The van der Waals surface area contributed by atoms with Crippen molar-refractivity contribution in [3.63, 3.8) is 0 Å². The molecule has 1 N–H and O–H groups in total. The highest BCUT2D eigenvalue weighted by Gasteiger charge is 2.06. The highest BCUT2D eigenvalue weighted by molar-refractivity contribution is 7.71. The van der Waals surface area contributed by atoms with Crippen LogP contribution in [-0.4, -0.2) is 14.8 Å². The van der Waals surface area contributed by atoms with E-state index >= 15 is 0 Å². The number of aromatic nitrogens is 3.